The van der Waals surface area contributed by atoms with Gasteiger partial charge in [-0.3, -0.25) is 11.3 Å². The van der Waals surface area contributed by atoms with Crippen LogP contribution < -0.4 is 16.0 Å². The summed E-state index contributed by atoms with van der Waals surface area (Å²) in [4.78, 5) is 0. The molecule has 1 fully saturated rings. The maximum absolute atomic E-state index is 6.19. The van der Waals surface area contributed by atoms with E-state index in [0.717, 1.165) is 61.7 Å². The van der Waals surface area contributed by atoms with E-state index in [1.54, 1.807) is 0 Å². The van der Waals surface area contributed by atoms with Crippen LogP contribution in [-0.4, -0.2) is 25.4 Å². The summed E-state index contributed by atoms with van der Waals surface area (Å²) in [7, 11) is 0. The molecule has 20 heavy (non-hydrogen) atoms. The van der Waals surface area contributed by atoms with Crippen molar-refractivity contribution in [3.05, 3.63) is 28.3 Å². The predicted octanol–water partition coefficient (Wildman–Crippen LogP) is 2.22. The lowest BCUT2D eigenvalue weighted by Crippen LogP contribution is -2.39. The zero-order valence-corrected chi connectivity index (χ0v) is 12.3. The topological polar surface area (TPSA) is 56.5 Å². The van der Waals surface area contributed by atoms with Gasteiger partial charge >= 0.3 is 0 Å². The molecule has 2 heterocycles. The molecule has 4 nitrogen and oxygen atoms in total. The third-order valence-electron chi connectivity index (χ3n) is 4.10. The van der Waals surface area contributed by atoms with E-state index in [1.165, 1.54) is 5.56 Å². The van der Waals surface area contributed by atoms with Crippen LogP contribution in [0.4, 0.5) is 0 Å². The molecule has 3 rings (SSSR count). The molecule has 1 aromatic carbocycles. The molecule has 3 N–H and O–H groups in total. The molecular formula is C15H21ClN2O2. The molecule has 0 aromatic heterocycles. The number of hydrogen-bond acceptors (Lipinski definition) is 4. The van der Waals surface area contributed by atoms with Crippen LogP contribution in [0.25, 0.3) is 0 Å². The monoisotopic (exact) mass is 296 g/mol. The first kappa shape index (κ1) is 14.1. The minimum absolute atomic E-state index is 0.185. The first-order chi connectivity index (χ1) is 9.76. The second-order valence-electron chi connectivity index (χ2n) is 5.59. The second kappa shape index (κ2) is 6.31. The molecule has 2 atom stereocenters. The summed E-state index contributed by atoms with van der Waals surface area (Å²) in [6, 6.07) is 4.18. The number of nitrogens with one attached hydrogen (secondary N) is 1. The molecule has 110 valence electrons. The van der Waals surface area contributed by atoms with E-state index in [9.17, 15) is 0 Å². The fraction of sp³-hybridized carbons (Fsp3) is 0.600. The van der Waals surface area contributed by atoms with E-state index < -0.39 is 0 Å². The van der Waals surface area contributed by atoms with Gasteiger partial charge in [-0.1, -0.05) is 11.6 Å². The van der Waals surface area contributed by atoms with Gasteiger partial charge < -0.3 is 9.47 Å². The molecule has 0 spiro atoms. The minimum Gasteiger partial charge on any atom is -0.493 e. The minimum atomic E-state index is 0.185. The number of nitrogens with two attached hydrogens (primary N) is 1. The highest BCUT2D eigenvalue weighted by molar-refractivity contribution is 6.30. The molecular weight excluding hydrogens is 276 g/mol. The molecule has 0 saturated carbocycles. The van der Waals surface area contributed by atoms with Crippen molar-refractivity contribution in [2.24, 2.45) is 5.84 Å². The molecule has 0 aliphatic carbocycles. The van der Waals surface area contributed by atoms with Crippen molar-refractivity contribution < 1.29 is 9.47 Å². The van der Waals surface area contributed by atoms with Crippen molar-refractivity contribution in [2.45, 2.75) is 44.2 Å². The fourth-order valence-corrected chi connectivity index (χ4v) is 3.38. The Morgan fingerprint density at radius 1 is 1.40 bits per heavy atom. The van der Waals surface area contributed by atoms with Gasteiger partial charge in [-0.2, -0.15) is 0 Å². The highest BCUT2D eigenvalue weighted by atomic mass is 35.5. The Labute approximate surface area is 124 Å². The summed E-state index contributed by atoms with van der Waals surface area (Å²) >= 11 is 6.19. The fourth-order valence-electron chi connectivity index (χ4n) is 3.12. The maximum atomic E-state index is 6.19. The lowest BCUT2D eigenvalue weighted by Gasteiger charge is -2.20. The highest BCUT2D eigenvalue weighted by Gasteiger charge is 2.23. The first-order valence-corrected chi connectivity index (χ1v) is 7.66. The standard InChI is InChI=1S/C15H21ClN2O2/c16-12-6-10-3-5-20-15(10)11(7-12)8-13(18-17)9-14-2-1-4-19-14/h6-7,13-14,18H,1-5,8-9,17H2. The Balaban J connectivity index is 1.72. The summed E-state index contributed by atoms with van der Waals surface area (Å²) in [5, 5.41) is 0.775. The molecule has 5 heteroatoms. The van der Waals surface area contributed by atoms with Crippen molar-refractivity contribution in [2.75, 3.05) is 13.2 Å². The van der Waals surface area contributed by atoms with E-state index in [0.29, 0.717) is 6.10 Å². The van der Waals surface area contributed by atoms with Gasteiger partial charge in [0.05, 0.1) is 12.7 Å². The number of benzene rings is 1. The number of halogens is 1. The average molecular weight is 297 g/mol. The van der Waals surface area contributed by atoms with Gasteiger partial charge in [-0.05, 0) is 48.9 Å². The van der Waals surface area contributed by atoms with Gasteiger partial charge in [-0.15, -0.1) is 0 Å². The number of rotatable bonds is 5. The Morgan fingerprint density at radius 2 is 2.30 bits per heavy atom. The Morgan fingerprint density at radius 3 is 3.05 bits per heavy atom. The Bertz CT molecular complexity index is 475. The highest BCUT2D eigenvalue weighted by Crippen LogP contribution is 2.34. The zero-order valence-electron chi connectivity index (χ0n) is 11.5. The van der Waals surface area contributed by atoms with Crippen molar-refractivity contribution in [3.63, 3.8) is 0 Å². The van der Waals surface area contributed by atoms with E-state index in [1.807, 2.05) is 12.1 Å². The van der Waals surface area contributed by atoms with Crippen LogP contribution in [0.15, 0.2) is 12.1 Å². The third-order valence-corrected chi connectivity index (χ3v) is 4.32. The maximum Gasteiger partial charge on any atom is 0.125 e. The lowest BCUT2D eigenvalue weighted by molar-refractivity contribution is 0.0945. The zero-order chi connectivity index (χ0) is 13.9. The van der Waals surface area contributed by atoms with Crippen LogP contribution in [0.2, 0.25) is 5.02 Å². The molecule has 2 aliphatic heterocycles. The van der Waals surface area contributed by atoms with Crippen LogP contribution in [0, 0.1) is 0 Å². The number of hydrazine groups is 1. The predicted molar refractivity (Wildman–Crippen MR) is 79.1 cm³/mol. The van der Waals surface area contributed by atoms with E-state index >= 15 is 0 Å². The molecule has 0 radical (unpaired) electrons. The summed E-state index contributed by atoms with van der Waals surface area (Å²) in [6.45, 7) is 1.62. The second-order valence-corrected chi connectivity index (χ2v) is 6.03. The van der Waals surface area contributed by atoms with Gasteiger partial charge in [-0.25, -0.2) is 0 Å². The van der Waals surface area contributed by atoms with Crippen LogP contribution in [0.1, 0.15) is 30.4 Å². The van der Waals surface area contributed by atoms with E-state index in [4.69, 9.17) is 26.9 Å². The Kier molecular flexibility index (Phi) is 4.46. The molecule has 0 bridgehead atoms. The first-order valence-electron chi connectivity index (χ1n) is 7.28. The van der Waals surface area contributed by atoms with Crippen molar-refractivity contribution in [1.82, 2.24) is 5.43 Å². The molecule has 0 amide bonds. The van der Waals surface area contributed by atoms with Gasteiger partial charge in [0.15, 0.2) is 0 Å². The van der Waals surface area contributed by atoms with Gasteiger partial charge in [0.2, 0.25) is 0 Å². The smallest absolute Gasteiger partial charge is 0.125 e. The summed E-state index contributed by atoms with van der Waals surface area (Å²) in [5.41, 5.74) is 5.26. The summed E-state index contributed by atoms with van der Waals surface area (Å²) in [5.74, 6) is 6.70. The van der Waals surface area contributed by atoms with Gasteiger partial charge in [0.1, 0.15) is 5.75 Å². The normalized spacial score (nSPS) is 22.6. The van der Waals surface area contributed by atoms with Crippen LogP contribution in [0.5, 0.6) is 5.75 Å². The van der Waals surface area contributed by atoms with Crippen molar-refractivity contribution >= 4 is 11.6 Å². The molecule has 1 saturated heterocycles. The average Bonchev–Trinajstić information content (AvgIpc) is 3.08. The summed E-state index contributed by atoms with van der Waals surface area (Å²) in [6.07, 6.45) is 5.29. The SMILES string of the molecule is NNC(Cc1cc(Cl)cc2c1OCC2)CC1CCCO1. The lowest BCUT2D eigenvalue weighted by atomic mass is 9.97. The third kappa shape index (κ3) is 3.09. The quantitative estimate of drug-likeness (QED) is 0.646. The summed E-state index contributed by atoms with van der Waals surface area (Å²) < 4.78 is 11.4. The molecule has 2 aliphatic rings. The van der Waals surface area contributed by atoms with Crippen molar-refractivity contribution in [3.8, 4) is 5.75 Å². The van der Waals surface area contributed by atoms with Gasteiger partial charge in [0.25, 0.3) is 0 Å². The molecule has 2 unspecified atom stereocenters. The van der Waals surface area contributed by atoms with Crippen LogP contribution >= 0.6 is 11.6 Å². The number of hydrogen-bond donors (Lipinski definition) is 2. The number of fused-ring (bicyclic) bond motifs is 1. The van der Waals surface area contributed by atoms with Crippen LogP contribution in [0.3, 0.4) is 0 Å². The van der Waals surface area contributed by atoms with E-state index in [2.05, 4.69) is 5.43 Å². The number of ether oxygens (including phenoxy) is 2. The van der Waals surface area contributed by atoms with Crippen molar-refractivity contribution in [1.29, 1.82) is 0 Å². The van der Waals surface area contributed by atoms with Gasteiger partial charge in [0, 0.05) is 24.1 Å². The molecule has 1 aromatic rings. The Hall–Kier alpha value is -0.810. The largest absolute Gasteiger partial charge is 0.493 e. The van der Waals surface area contributed by atoms with Crippen LogP contribution in [-0.2, 0) is 17.6 Å². The van der Waals surface area contributed by atoms with E-state index in [-0.39, 0.29) is 6.04 Å².